The predicted octanol–water partition coefficient (Wildman–Crippen LogP) is 2.52. The number of carbonyl (C=O) groups excluding carboxylic acids is 1. The van der Waals surface area contributed by atoms with Gasteiger partial charge in [0.2, 0.25) is 0 Å². The first-order valence-electron chi connectivity index (χ1n) is 3.14. The Morgan fingerprint density at radius 2 is 2.00 bits per heavy atom. The SMILES string of the molecule is O=Cc1ccc(C(F)(F)F)c(I)n1. The van der Waals surface area contributed by atoms with Crippen molar-refractivity contribution < 1.29 is 18.0 Å². The van der Waals surface area contributed by atoms with E-state index in [0.717, 1.165) is 12.1 Å². The van der Waals surface area contributed by atoms with Gasteiger partial charge in [-0.15, -0.1) is 0 Å². The molecular formula is C7H3F3INO. The molecule has 0 aliphatic rings. The van der Waals surface area contributed by atoms with Crippen molar-refractivity contribution in [2.75, 3.05) is 0 Å². The molecule has 0 radical (unpaired) electrons. The summed E-state index contributed by atoms with van der Waals surface area (Å²) < 4.78 is 36.2. The Labute approximate surface area is 85.3 Å². The summed E-state index contributed by atoms with van der Waals surface area (Å²) in [4.78, 5) is 13.6. The topological polar surface area (TPSA) is 30.0 Å². The van der Waals surface area contributed by atoms with Crippen molar-refractivity contribution in [2.24, 2.45) is 0 Å². The molecule has 0 spiro atoms. The van der Waals surface area contributed by atoms with Gasteiger partial charge >= 0.3 is 6.18 Å². The highest BCUT2D eigenvalue weighted by atomic mass is 127. The van der Waals surface area contributed by atoms with Crippen molar-refractivity contribution >= 4 is 28.9 Å². The molecule has 0 unspecified atom stereocenters. The molecule has 1 aromatic rings. The predicted molar refractivity (Wildman–Crippen MR) is 47.3 cm³/mol. The molecule has 2 nitrogen and oxygen atoms in total. The van der Waals surface area contributed by atoms with Gasteiger partial charge in [0, 0.05) is 0 Å². The Balaban J connectivity index is 3.20. The summed E-state index contributed by atoms with van der Waals surface area (Å²) in [5, 5.41) is 0. The van der Waals surface area contributed by atoms with E-state index in [1.54, 1.807) is 0 Å². The first-order chi connectivity index (χ1) is 5.95. The van der Waals surface area contributed by atoms with Gasteiger partial charge in [-0.3, -0.25) is 4.79 Å². The second-order valence-corrected chi connectivity index (χ2v) is 3.21. The van der Waals surface area contributed by atoms with E-state index in [9.17, 15) is 18.0 Å². The average molecular weight is 301 g/mol. The summed E-state index contributed by atoms with van der Waals surface area (Å²) in [6, 6.07) is 1.89. The van der Waals surface area contributed by atoms with Crippen molar-refractivity contribution in [1.82, 2.24) is 4.98 Å². The Morgan fingerprint density at radius 1 is 1.38 bits per heavy atom. The van der Waals surface area contributed by atoms with Gasteiger partial charge in [0.15, 0.2) is 6.29 Å². The van der Waals surface area contributed by atoms with Crippen LogP contribution >= 0.6 is 22.6 Å². The number of nitrogens with zero attached hydrogens (tertiary/aromatic N) is 1. The van der Waals surface area contributed by atoms with Crippen molar-refractivity contribution in [3.63, 3.8) is 0 Å². The number of aromatic nitrogens is 1. The van der Waals surface area contributed by atoms with Crippen LogP contribution in [0.4, 0.5) is 13.2 Å². The molecule has 0 aromatic carbocycles. The van der Waals surface area contributed by atoms with Crippen LogP contribution in [0.1, 0.15) is 16.1 Å². The van der Waals surface area contributed by atoms with Crippen LogP contribution in [0.15, 0.2) is 12.1 Å². The van der Waals surface area contributed by atoms with Gasteiger partial charge in [0.25, 0.3) is 0 Å². The van der Waals surface area contributed by atoms with Gasteiger partial charge in [0.1, 0.15) is 9.39 Å². The van der Waals surface area contributed by atoms with E-state index in [-0.39, 0.29) is 9.39 Å². The first-order valence-corrected chi connectivity index (χ1v) is 4.22. The van der Waals surface area contributed by atoms with E-state index in [1.165, 1.54) is 22.6 Å². The maximum atomic E-state index is 12.2. The number of hydrogen-bond donors (Lipinski definition) is 0. The third kappa shape index (κ3) is 2.39. The molecule has 1 aromatic heterocycles. The second-order valence-electron chi connectivity index (χ2n) is 2.19. The molecule has 0 aliphatic carbocycles. The summed E-state index contributed by atoms with van der Waals surface area (Å²) >= 11 is 1.44. The van der Waals surface area contributed by atoms with Gasteiger partial charge in [0.05, 0.1) is 5.56 Å². The lowest BCUT2D eigenvalue weighted by Gasteiger charge is -2.07. The second kappa shape index (κ2) is 3.60. The molecule has 0 bridgehead atoms. The van der Waals surface area contributed by atoms with Gasteiger partial charge < -0.3 is 0 Å². The van der Waals surface area contributed by atoms with Gasteiger partial charge in [-0.1, -0.05) is 0 Å². The molecule has 0 atom stereocenters. The smallest absolute Gasteiger partial charge is 0.296 e. The zero-order valence-corrected chi connectivity index (χ0v) is 8.26. The van der Waals surface area contributed by atoms with E-state index >= 15 is 0 Å². The molecule has 6 heteroatoms. The summed E-state index contributed by atoms with van der Waals surface area (Å²) in [5.41, 5.74) is -0.823. The zero-order chi connectivity index (χ0) is 10.1. The Morgan fingerprint density at radius 3 is 2.38 bits per heavy atom. The van der Waals surface area contributed by atoms with Crippen LogP contribution in [0, 0.1) is 3.70 Å². The molecule has 1 rings (SSSR count). The maximum Gasteiger partial charge on any atom is 0.418 e. The monoisotopic (exact) mass is 301 g/mol. The lowest BCUT2D eigenvalue weighted by Crippen LogP contribution is -2.09. The Bertz CT molecular complexity index is 337. The molecule has 13 heavy (non-hydrogen) atoms. The van der Waals surface area contributed by atoms with Crippen molar-refractivity contribution in [2.45, 2.75) is 6.18 Å². The highest BCUT2D eigenvalue weighted by molar-refractivity contribution is 14.1. The third-order valence-electron chi connectivity index (χ3n) is 1.30. The minimum atomic E-state index is -4.41. The number of rotatable bonds is 1. The fourth-order valence-corrected chi connectivity index (χ4v) is 1.49. The lowest BCUT2D eigenvalue weighted by molar-refractivity contribution is -0.138. The summed E-state index contributed by atoms with van der Waals surface area (Å²) in [7, 11) is 0. The van der Waals surface area contributed by atoms with Crippen LogP contribution in [-0.2, 0) is 6.18 Å². The summed E-state index contributed by atoms with van der Waals surface area (Å²) in [5.74, 6) is 0. The minimum Gasteiger partial charge on any atom is -0.296 e. The minimum absolute atomic E-state index is 0.00241. The number of alkyl halides is 3. The Kier molecular flexibility index (Phi) is 2.89. The lowest BCUT2D eigenvalue weighted by atomic mass is 10.2. The molecule has 70 valence electrons. The van der Waals surface area contributed by atoms with E-state index in [4.69, 9.17) is 0 Å². The van der Waals surface area contributed by atoms with Crippen LogP contribution in [0.3, 0.4) is 0 Å². The van der Waals surface area contributed by atoms with Gasteiger partial charge in [-0.05, 0) is 34.7 Å². The van der Waals surface area contributed by atoms with E-state index in [1.807, 2.05) is 0 Å². The van der Waals surface area contributed by atoms with E-state index in [0.29, 0.717) is 6.29 Å². The molecule has 0 amide bonds. The van der Waals surface area contributed by atoms with Crippen LogP contribution in [0.2, 0.25) is 0 Å². The normalized spacial score (nSPS) is 11.4. The van der Waals surface area contributed by atoms with Crippen molar-refractivity contribution in [3.05, 3.63) is 27.1 Å². The Hall–Kier alpha value is -0.660. The molecule has 0 saturated carbocycles. The quantitative estimate of drug-likeness (QED) is 0.453. The zero-order valence-electron chi connectivity index (χ0n) is 6.10. The first kappa shape index (κ1) is 10.4. The number of hydrogen-bond acceptors (Lipinski definition) is 2. The largest absolute Gasteiger partial charge is 0.418 e. The standard InChI is InChI=1S/C7H3F3INO/c8-7(9,10)5-2-1-4(3-13)12-6(5)11/h1-3H. The fraction of sp³-hybridized carbons (Fsp3) is 0.143. The van der Waals surface area contributed by atoms with Crippen LogP contribution in [0.25, 0.3) is 0 Å². The van der Waals surface area contributed by atoms with Gasteiger partial charge in [-0.2, -0.15) is 13.2 Å². The number of aldehydes is 1. The van der Waals surface area contributed by atoms with Crippen molar-refractivity contribution in [1.29, 1.82) is 0 Å². The van der Waals surface area contributed by atoms with E-state index < -0.39 is 11.7 Å². The summed E-state index contributed by atoms with van der Waals surface area (Å²) in [6.45, 7) is 0. The number of halogens is 4. The summed E-state index contributed by atoms with van der Waals surface area (Å²) in [6.07, 6.45) is -4.01. The van der Waals surface area contributed by atoms with Gasteiger partial charge in [-0.25, -0.2) is 4.98 Å². The van der Waals surface area contributed by atoms with Crippen LogP contribution in [0.5, 0.6) is 0 Å². The molecule has 0 fully saturated rings. The number of pyridine rings is 1. The van der Waals surface area contributed by atoms with Crippen molar-refractivity contribution in [3.8, 4) is 0 Å². The molecule has 1 heterocycles. The van der Waals surface area contributed by atoms with Crippen LogP contribution in [-0.4, -0.2) is 11.3 Å². The molecule has 0 saturated heterocycles. The number of carbonyl (C=O) groups is 1. The highest BCUT2D eigenvalue weighted by Crippen LogP contribution is 2.31. The third-order valence-corrected chi connectivity index (χ3v) is 2.12. The van der Waals surface area contributed by atoms with Crippen LogP contribution < -0.4 is 0 Å². The van der Waals surface area contributed by atoms with E-state index in [2.05, 4.69) is 4.98 Å². The fourth-order valence-electron chi connectivity index (χ4n) is 0.725. The molecule has 0 aliphatic heterocycles. The highest BCUT2D eigenvalue weighted by Gasteiger charge is 2.33. The maximum absolute atomic E-state index is 12.2. The molecule has 0 N–H and O–H groups in total. The molecular weight excluding hydrogens is 298 g/mol. The average Bonchev–Trinajstić information content (AvgIpc) is 2.01.